The molecule has 0 unspecified atom stereocenters. The third-order valence-corrected chi connectivity index (χ3v) is 4.18. The maximum absolute atomic E-state index is 13.3. The first-order valence-electron chi connectivity index (χ1n) is 7.56. The lowest BCUT2D eigenvalue weighted by molar-refractivity contribution is -0.384. The van der Waals surface area contributed by atoms with E-state index in [2.05, 4.69) is 10.4 Å². The molecule has 1 heterocycles. The number of carbonyl (C=O) groups excluding carboxylic acids is 1. The van der Waals surface area contributed by atoms with Gasteiger partial charge in [-0.3, -0.25) is 19.6 Å². The number of rotatable bonds is 5. The molecule has 2 aromatic carbocycles. The molecule has 1 N–H and O–H groups in total. The van der Waals surface area contributed by atoms with Crippen LogP contribution >= 0.6 is 23.2 Å². The van der Waals surface area contributed by atoms with Crippen molar-refractivity contribution in [3.05, 3.63) is 85.8 Å². The summed E-state index contributed by atoms with van der Waals surface area (Å²) in [4.78, 5) is 22.6. The van der Waals surface area contributed by atoms with Gasteiger partial charge in [0.2, 0.25) is 0 Å². The van der Waals surface area contributed by atoms with E-state index in [0.29, 0.717) is 5.56 Å². The minimum atomic E-state index is -0.681. The van der Waals surface area contributed by atoms with Crippen molar-refractivity contribution in [1.82, 2.24) is 9.78 Å². The molecule has 0 fully saturated rings. The lowest BCUT2D eigenvalue weighted by Gasteiger charge is -2.04. The van der Waals surface area contributed by atoms with Gasteiger partial charge in [-0.25, -0.2) is 4.39 Å². The molecule has 0 aliphatic rings. The topological polar surface area (TPSA) is 90.1 Å². The summed E-state index contributed by atoms with van der Waals surface area (Å²) in [6.07, 6.45) is 1.48. The molecule has 0 saturated heterocycles. The Morgan fingerprint density at radius 2 is 2.00 bits per heavy atom. The molecule has 1 amide bonds. The number of amides is 1. The van der Waals surface area contributed by atoms with Gasteiger partial charge in [0.25, 0.3) is 11.6 Å². The van der Waals surface area contributed by atoms with Gasteiger partial charge in [-0.05, 0) is 29.8 Å². The fourth-order valence-corrected chi connectivity index (χ4v) is 2.74. The highest BCUT2D eigenvalue weighted by atomic mass is 35.5. The first-order chi connectivity index (χ1) is 12.8. The maximum atomic E-state index is 13.3. The van der Waals surface area contributed by atoms with Crippen molar-refractivity contribution in [2.75, 3.05) is 5.32 Å². The predicted octanol–water partition coefficient (Wildman–Crippen LogP) is 4.54. The van der Waals surface area contributed by atoms with Crippen molar-refractivity contribution in [3.63, 3.8) is 0 Å². The largest absolute Gasteiger partial charge is 0.304 e. The molecular formula is C17H11Cl2FN4O3. The van der Waals surface area contributed by atoms with Crippen LogP contribution in [0.5, 0.6) is 0 Å². The van der Waals surface area contributed by atoms with Crippen LogP contribution < -0.4 is 5.32 Å². The number of halogens is 3. The van der Waals surface area contributed by atoms with Crippen LogP contribution in [0.1, 0.15) is 15.9 Å². The van der Waals surface area contributed by atoms with E-state index >= 15 is 0 Å². The molecule has 0 atom stereocenters. The van der Waals surface area contributed by atoms with E-state index in [0.717, 1.165) is 6.07 Å². The Labute approximate surface area is 162 Å². The van der Waals surface area contributed by atoms with E-state index in [1.807, 2.05) is 0 Å². The summed E-state index contributed by atoms with van der Waals surface area (Å²) in [6.45, 7) is 0.250. The Bertz CT molecular complexity index is 1040. The molecule has 3 rings (SSSR count). The summed E-state index contributed by atoms with van der Waals surface area (Å²) in [5.74, 6) is -0.924. The zero-order valence-electron chi connectivity index (χ0n) is 13.5. The number of nitro groups is 1. The summed E-state index contributed by atoms with van der Waals surface area (Å²) in [5, 5.41) is 17.7. The van der Waals surface area contributed by atoms with Gasteiger partial charge in [0.1, 0.15) is 15.9 Å². The van der Waals surface area contributed by atoms with Gasteiger partial charge >= 0.3 is 0 Å². The Hall–Kier alpha value is -2.97. The fraction of sp³-hybridized carbons (Fsp3) is 0.0588. The van der Waals surface area contributed by atoms with Gasteiger partial charge in [-0.15, -0.1) is 0 Å². The van der Waals surface area contributed by atoms with Gasteiger partial charge in [0, 0.05) is 17.8 Å². The number of benzene rings is 2. The van der Waals surface area contributed by atoms with E-state index < -0.39 is 10.8 Å². The molecule has 0 bridgehead atoms. The molecule has 7 nitrogen and oxygen atoms in total. The van der Waals surface area contributed by atoms with Crippen molar-refractivity contribution in [2.24, 2.45) is 0 Å². The van der Waals surface area contributed by atoms with Crippen molar-refractivity contribution >= 4 is 40.6 Å². The maximum Gasteiger partial charge on any atom is 0.288 e. The molecule has 0 aliphatic heterocycles. The van der Waals surface area contributed by atoms with Crippen molar-refractivity contribution in [1.29, 1.82) is 0 Å². The normalized spacial score (nSPS) is 10.6. The monoisotopic (exact) mass is 408 g/mol. The third kappa shape index (κ3) is 4.42. The van der Waals surface area contributed by atoms with Crippen molar-refractivity contribution in [2.45, 2.75) is 6.54 Å². The number of aromatic nitrogens is 2. The van der Waals surface area contributed by atoms with E-state index in [9.17, 15) is 19.3 Å². The van der Waals surface area contributed by atoms with Gasteiger partial charge in [-0.2, -0.15) is 5.10 Å². The summed E-state index contributed by atoms with van der Waals surface area (Å²) >= 11 is 11.8. The lowest BCUT2D eigenvalue weighted by atomic mass is 10.2. The third-order valence-electron chi connectivity index (χ3n) is 3.59. The number of nitrogens with zero attached hydrogens (tertiary/aromatic N) is 3. The lowest BCUT2D eigenvalue weighted by Crippen LogP contribution is -2.13. The number of hydrogen-bond acceptors (Lipinski definition) is 4. The highest BCUT2D eigenvalue weighted by Crippen LogP contribution is 2.26. The summed E-state index contributed by atoms with van der Waals surface area (Å²) in [7, 11) is 0. The highest BCUT2D eigenvalue weighted by Gasteiger charge is 2.18. The second-order valence-electron chi connectivity index (χ2n) is 5.53. The molecular weight excluding hydrogens is 398 g/mol. The average molecular weight is 409 g/mol. The van der Waals surface area contributed by atoms with E-state index in [1.165, 1.54) is 35.1 Å². The molecule has 0 saturated carbocycles. The quantitative estimate of drug-likeness (QED) is 0.495. The number of nitrogens with one attached hydrogen (secondary N) is 1. The fourth-order valence-electron chi connectivity index (χ4n) is 2.36. The minimum absolute atomic E-state index is 0.0295. The molecule has 0 radical (unpaired) electrons. The van der Waals surface area contributed by atoms with Gasteiger partial charge < -0.3 is 5.32 Å². The van der Waals surface area contributed by atoms with Crippen molar-refractivity contribution < 1.29 is 14.1 Å². The summed E-state index contributed by atoms with van der Waals surface area (Å²) in [6, 6.07) is 9.67. The number of hydrogen-bond donors (Lipinski definition) is 1. The van der Waals surface area contributed by atoms with Crippen LogP contribution in [0.15, 0.2) is 48.7 Å². The standard InChI is InChI=1S/C17H11Cl2FN4O3/c18-13-5-4-11(7-15(13)24(26)27)17(25)21-16-14(19)9-23(22-16)8-10-2-1-3-12(20)6-10/h1-7,9H,8H2,(H,21,22,25). The number of nitro benzene ring substituents is 1. The molecule has 3 aromatic rings. The predicted molar refractivity (Wildman–Crippen MR) is 98.8 cm³/mol. The minimum Gasteiger partial charge on any atom is -0.304 e. The van der Waals surface area contributed by atoms with Crippen LogP contribution in [0, 0.1) is 15.9 Å². The zero-order valence-corrected chi connectivity index (χ0v) is 15.0. The van der Waals surface area contributed by atoms with Crippen LogP contribution in [0.2, 0.25) is 10.0 Å². The van der Waals surface area contributed by atoms with E-state index in [4.69, 9.17) is 23.2 Å². The Balaban J connectivity index is 1.78. The van der Waals surface area contributed by atoms with E-state index in [1.54, 1.807) is 12.1 Å². The second kappa shape index (κ2) is 7.73. The molecule has 0 aliphatic carbocycles. The molecule has 138 valence electrons. The number of anilines is 1. The number of carbonyl (C=O) groups is 1. The summed E-state index contributed by atoms with van der Waals surface area (Å²) < 4.78 is 14.7. The van der Waals surface area contributed by atoms with Gasteiger partial charge in [0.15, 0.2) is 5.82 Å². The SMILES string of the molecule is O=C(Nc1nn(Cc2cccc(F)c2)cc1Cl)c1ccc(Cl)c([N+](=O)[O-])c1. The summed E-state index contributed by atoms with van der Waals surface area (Å²) in [5.41, 5.74) is 0.314. The highest BCUT2D eigenvalue weighted by molar-refractivity contribution is 6.34. The Morgan fingerprint density at radius 1 is 1.22 bits per heavy atom. The van der Waals surface area contributed by atoms with Crippen molar-refractivity contribution in [3.8, 4) is 0 Å². The van der Waals surface area contributed by atoms with Crippen LogP contribution in [0.25, 0.3) is 0 Å². The smallest absolute Gasteiger partial charge is 0.288 e. The van der Waals surface area contributed by atoms with Gasteiger partial charge in [-0.1, -0.05) is 35.3 Å². The molecule has 27 heavy (non-hydrogen) atoms. The second-order valence-corrected chi connectivity index (χ2v) is 6.34. The Morgan fingerprint density at radius 3 is 2.70 bits per heavy atom. The molecule has 10 heteroatoms. The van der Waals surface area contributed by atoms with E-state index in [-0.39, 0.29) is 39.5 Å². The molecule has 0 spiro atoms. The van der Waals surface area contributed by atoms with Crippen LogP contribution in [-0.2, 0) is 6.54 Å². The molecule has 1 aromatic heterocycles. The van der Waals surface area contributed by atoms with Crippen LogP contribution in [0.3, 0.4) is 0 Å². The van der Waals surface area contributed by atoms with Crippen LogP contribution in [0.4, 0.5) is 15.9 Å². The van der Waals surface area contributed by atoms with Crippen LogP contribution in [-0.4, -0.2) is 20.6 Å². The van der Waals surface area contributed by atoms with Gasteiger partial charge in [0.05, 0.1) is 11.5 Å². The first kappa shape index (κ1) is 18.8. The zero-order chi connectivity index (χ0) is 19.6. The average Bonchev–Trinajstić information content (AvgIpc) is 2.94. The Kier molecular flexibility index (Phi) is 5.38. The first-order valence-corrected chi connectivity index (χ1v) is 8.32.